The summed E-state index contributed by atoms with van der Waals surface area (Å²) in [4.78, 5) is 27.5. The molecule has 0 unspecified atom stereocenters. The van der Waals surface area contributed by atoms with Gasteiger partial charge in [-0.25, -0.2) is 9.59 Å². The fourth-order valence-corrected chi connectivity index (χ4v) is 3.67. The first kappa shape index (κ1) is 23.3. The summed E-state index contributed by atoms with van der Waals surface area (Å²) >= 11 is 0. The molecule has 170 valence electrons. The highest BCUT2D eigenvalue weighted by atomic mass is 16.5. The summed E-state index contributed by atoms with van der Waals surface area (Å²) < 4.78 is 11.1. The molecule has 2 aromatic rings. The fourth-order valence-electron chi connectivity index (χ4n) is 3.67. The van der Waals surface area contributed by atoms with Crippen LogP contribution < -0.4 is 15.4 Å². The first-order chi connectivity index (χ1) is 15.4. The van der Waals surface area contributed by atoms with Gasteiger partial charge in [0.1, 0.15) is 5.75 Å². The van der Waals surface area contributed by atoms with Crippen LogP contribution in [0.25, 0.3) is 0 Å². The maximum absolute atomic E-state index is 12.9. The Bertz CT molecular complexity index is 955. The molecule has 0 aliphatic carbocycles. The van der Waals surface area contributed by atoms with Crippen LogP contribution in [-0.2, 0) is 16.1 Å². The number of esters is 1. The molecule has 2 N–H and O–H groups in total. The van der Waals surface area contributed by atoms with Crippen molar-refractivity contribution in [3.05, 3.63) is 77.0 Å². The number of ether oxygens (including phenoxy) is 2. The third kappa shape index (κ3) is 6.11. The maximum Gasteiger partial charge on any atom is 0.338 e. The van der Waals surface area contributed by atoms with Gasteiger partial charge in [0, 0.05) is 18.8 Å². The molecular weight excluding hydrogens is 406 g/mol. The molecule has 0 spiro atoms. The molecule has 0 saturated heterocycles. The van der Waals surface area contributed by atoms with Crippen LogP contribution in [0.15, 0.2) is 65.9 Å². The fraction of sp³-hybridized carbons (Fsp3) is 0.360. The Morgan fingerprint density at radius 2 is 1.75 bits per heavy atom. The monoisotopic (exact) mass is 437 g/mol. The molecule has 0 saturated carbocycles. The lowest BCUT2D eigenvalue weighted by Crippen LogP contribution is -2.48. The highest BCUT2D eigenvalue weighted by Gasteiger charge is 2.34. The van der Waals surface area contributed by atoms with Crippen LogP contribution in [0.2, 0.25) is 0 Å². The lowest BCUT2D eigenvalue weighted by atomic mass is 9.95. The minimum atomic E-state index is -0.615. The third-order valence-corrected chi connectivity index (χ3v) is 4.96. The second-order valence-corrected chi connectivity index (χ2v) is 8.04. The van der Waals surface area contributed by atoms with Crippen LogP contribution in [0, 0.1) is 0 Å². The molecule has 32 heavy (non-hydrogen) atoms. The van der Waals surface area contributed by atoms with Crippen molar-refractivity contribution in [1.29, 1.82) is 0 Å². The molecule has 0 aromatic heterocycles. The van der Waals surface area contributed by atoms with Gasteiger partial charge in [0.25, 0.3) is 0 Å². The average molecular weight is 438 g/mol. The molecule has 1 heterocycles. The minimum Gasteiger partial charge on any atom is -0.491 e. The lowest BCUT2D eigenvalue weighted by molar-refractivity contribution is -0.139. The molecule has 7 nitrogen and oxygen atoms in total. The van der Waals surface area contributed by atoms with Gasteiger partial charge in [-0.2, -0.15) is 0 Å². The smallest absolute Gasteiger partial charge is 0.338 e. The average Bonchev–Trinajstić information content (AvgIpc) is 2.74. The third-order valence-electron chi connectivity index (χ3n) is 4.96. The zero-order valence-corrected chi connectivity index (χ0v) is 19.1. The van der Waals surface area contributed by atoms with Gasteiger partial charge in [-0.3, -0.25) is 4.90 Å². The molecule has 7 heteroatoms. The van der Waals surface area contributed by atoms with Crippen LogP contribution in [-0.4, -0.2) is 43.2 Å². The standard InChI is InChI=1S/C25H31N3O4/c1-5-31-24(29)22-21(16-28(4)15-18-9-7-6-8-10-18)26-25(30)27-23(22)19-11-13-20(14-12-19)32-17(2)3/h6-14,17,23H,5,15-16H2,1-4H3,(H2,26,27,30)/t23-/m0/s1. The molecule has 0 bridgehead atoms. The van der Waals surface area contributed by atoms with Crippen LogP contribution in [0.5, 0.6) is 5.75 Å². The lowest BCUT2D eigenvalue weighted by Gasteiger charge is -2.31. The Morgan fingerprint density at radius 3 is 2.38 bits per heavy atom. The molecule has 2 amide bonds. The van der Waals surface area contributed by atoms with E-state index >= 15 is 0 Å². The van der Waals surface area contributed by atoms with Gasteiger partial charge in [-0.05, 0) is 51.1 Å². The van der Waals surface area contributed by atoms with Crippen molar-refractivity contribution in [2.75, 3.05) is 20.2 Å². The van der Waals surface area contributed by atoms with E-state index in [-0.39, 0.29) is 18.7 Å². The molecular formula is C25H31N3O4. The van der Waals surface area contributed by atoms with E-state index in [1.807, 2.05) is 80.4 Å². The van der Waals surface area contributed by atoms with Crippen molar-refractivity contribution in [1.82, 2.24) is 15.5 Å². The minimum absolute atomic E-state index is 0.0566. The Balaban J connectivity index is 1.90. The van der Waals surface area contributed by atoms with E-state index in [1.54, 1.807) is 6.92 Å². The van der Waals surface area contributed by atoms with Crippen LogP contribution in [0.1, 0.15) is 37.9 Å². The molecule has 2 aromatic carbocycles. The van der Waals surface area contributed by atoms with Crippen molar-refractivity contribution >= 4 is 12.0 Å². The van der Waals surface area contributed by atoms with E-state index in [0.29, 0.717) is 24.4 Å². The highest BCUT2D eigenvalue weighted by Crippen LogP contribution is 2.29. The largest absolute Gasteiger partial charge is 0.491 e. The van der Waals surface area contributed by atoms with Crippen LogP contribution in [0.3, 0.4) is 0 Å². The van der Waals surface area contributed by atoms with Gasteiger partial charge < -0.3 is 20.1 Å². The number of amides is 2. The van der Waals surface area contributed by atoms with E-state index < -0.39 is 12.0 Å². The van der Waals surface area contributed by atoms with E-state index in [2.05, 4.69) is 10.6 Å². The predicted octanol–water partition coefficient (Wildman–Crippen LogP) is 3.78. The number of carbonyl (C=O) groups excluding carboxylic acids is 2. The summed E-state index contributed by atoms with van der Waals surface area (Å²) in [7, 11) is 1.95. The summed E-state index contributed by atoms with van der Waals surface area (Å²) in [6.07, 6.45) is 0.0566. The number of benzene rings is 2. The Hall–Kier alpha value is -3.32. The quantitative estimate of drug-likeness (QED) is 0.584. The number of urea groups is 1. The number of nitrogens with zero attached hydrogens (tertiary/aromatic N) is 1. The van der Waals surface area contributed by atoms with Gasteiger partial charge in [0.2, 0.25) is 0 Å². The number of carbonyl (C=O) groups is 2. The Morgan fingerprint density at radius 1 is 1.06 bits per heavy atom. The first-order valence-corrected chi connectivity index (χ1v) is 10.8. The number of hydrogen-bond acceptors (Lipinski definition) is 5. The van der Waals surface area contributed by atoms with Gasteiger partial charge >= 0.3 is 12.0 Å². The molecule has 3 rings (SSSR count). The van der Waals surface area contributed by atoms with Crippen molar-refractivity contribution in [3.8, 4) is 5.75 Å². The van der Waals surface area contributed by atoms with Crippen molar-refractivity contribution in [2.24, 2.45) is 0 Å². The van der Waals surface area contributed by atoms with Gasteiger partial charge in [-0.15, -0.1) is 0 Å². The zero-order chi connectivity index (χ0) is 23.1. The summed E-state index contributed by atoms with van der Waals surface area (Å²) in [5, 5.41) is 5.69. The van der Waals surface area contributed by atoms with Crippen molar-refractivity contribution in [2.45, 2.75) is 39.5 Å². The normalized spacial score (nSPS) is 16.1. The second-order valence-electron chi connectivity index (χ2n) is 8.04. The summed E-state index contributed by atoms with van der Waals surface area (Å²) in [5.41, 5.74) is 2.87. The molecule has 1 aliphatic rings. The number of nitrogens with one attached hydrogen (secondary N) is 2. The van der Waals surface area contributed by atoms with E-state index in [9.17, 15) is 9.59 Å². The van der Waals surface area contributed by atoms with E-state index in [0.717, 1.165) is 16.9 Å². The predicted molar refractivity (Wildman–Crippen MR) is 123 cm³/mol. The van der Waals surface area contributed by atoms with Crippen LogP contribution >= 0.6 is 0 Å². The van der Waals surface area contributed by atoms with Crippen molar-refractivity contribution < 1.29 is 19.1 Å². The Labute approximate surface area is 189 Å². The van der Waals surface area contributed by atoms with E-state index in [4.69, 9.17) is 9.47 Å². The Kier molecular flexibility index (Phi) is 7.89. The van der Waals surface area contributed by atoms with Crippen molar-refractivity contribution in [3.63, 3.8) is 0 Å². The molecule has 1 aliphatic heterocycles. The first-order valence-electron chi connectivity index (χ1n) is 10.8. The van der Waals surface area contributed by atoms with Gasteiger partial charge in [0.15, 0.2) is 0 Å². The molecule has 0 radical (unpaired) electrons. The zero-order valence-electron chi connectivity index (χ0n) is 19.1. The molecule has 1 atom stereocenters. The number of rotatable bonds is 9. The summed E-state index contributed by atoms with van der Waals surface area (Å²) in [5.74, 6) is 0.282. The summed E-state index contributed by atoms with van der Waals surface area (Å²) in [6.45, 7) is 7.00. The van der Waals surface area contributed by atoms with E-state index in [1.165, 1.54) is 0 Å². The SMILES string of the molecule is CCOC(=O)C1=C(CN(C)Cc2ccccc2)NC(=O)N[C@H]1c1ccc(OC(C)C)cc1. The number of hydrogen-bond donors (Lipinski definition) is 2. The molecule has 0 fully saturated rings. The highest BCUT2D eigenvalue weighted by molar-refractivity contribution is 5.95. The van der Waals surface area contributed by atoms with Gasteiger partial charge in [-0.1, -0.05) is 42.5 Å². The second kappa shape index (κ2) is 10.8. The van der Waals surface area contributed by atoms with Gasteiger partial charge in [0.05, 0.1) is 24.3 Å². The maximum atomic E-state index is 12.9. The number of likely N-dealkylation sites (N-methyl/N-ethyl adjacent to an activating group) is 1. The topological polar surface area (TPSA) is 79.9 Å². The summed E-state index contributed by atoms with van der Waals surface area (Å²) in [6, 6.07) is 16.5. The van der Waals surface area contributed by atoms with Crippen LogP contribution in [0.4, 0.5) is 4.79 Å².